The van der Waals surface area contributed by atoms with Crippen LogP contribution in [0.15, 0.2) is 49.1 Å². The predicted octanol–water partition coefficient (Wildman–Crippen LogP) is 3.88. The van der Waals surface area contributed by atoms with Gasteiger partial charge in [-0.3, -0.25) is 14.6 Å². The van der Waals surface area contributed by atoms with Crippen LogP contribution in [0.5, 0.6) is 0 Å². The highest BCUT2D eigenvalue weighted by molar-refractivity contribution is 6.39. The van der Waals surface area contributed by atoms with Crippen molar-refractivity contribution in [1.29, 1.82) is 0 Å². The van der Waals surface area contributed by atoms with Crippen LogP contribution in [-0.4, -0.2) is 49.8 Å². The Morgan fingerprint density at radius 1 is 1.17 bits per heavy atom. The zero-order valence-electron chi connectivity index (χ0n) is 18.1. The number of pyridine rings is 2. The number of imidazole rings is 1. The second-order valence-electron chi connectivity index (χ2n) is 7.96. The van der Waals surface area contributed by atoms with Gasteiger partial charge in [0.2, 0.25) is 0 Å². The number of fused-ring (bicyclic) bond motifs is 1. The lowest BCUT2D eigenvalue weighted by atomic mass is 10.1. The highest BCUT2D eigenvalue weighted by atomic mass is 19.4. The van der Waals surface area contributed by atoms with Crippen molar-refractivity contribution in [3.8, 4) is 0 Å². The van der Waals surface area contributed by atoms with Crippen molar-refractivity contribution >= 4 is 23.1 Å². The third kappa shape index (κ3) is 5.73. The molecule has 1 aliphatic carbocycles. The SMILES string of the molecule is O=C(Nc1ccn2ccnc2c1)C(=O)N(Cc1ccc(C(F)(F)F)cn1)[C@@H]1CCC[C@H]1OC(F)F. The third-order valence-corrected chi connectivity index (χ3v) is 5.69. The average Bonchev–Trinajstić information content (AvgIpc) is 3.45. The molecule has 35 heavy (non-hydrogen) atoms. The summed E-state index contributed by atoms with van der Waals surface area (Å²) in [6.45, 7) is -3.45. The Labute approximate surface area is 195 Å². The quantitative estimate of drug-likeness (QED) is 0.413. The van der Waals surface area contributed by atoms with Crippen molar-refractivity contribution in [2.24, 2.45) is 0 Å². The van der Waals surface area contributed by atoms with E-state index in [1.54, 1.807) is 29.1 Å². The van der Waals surface area contributed by atoms with E-state index in [2.05, 4.69) is 20.0 Å². The monoisotopic (exact) mass is 497 g/mol. The van der Waals surface area contributed by atoms with Crippen molar-refractivity contribution in [1.82, 2.24) is 19.3 Å². The van der Waals surface area contributed by atoms with Gasteiger partial charge in [0, 0.05) is 36.5 Å². The molecule has 3 aromatic rings. The number of rotatable bonds is 6. The maximum Gasteiger partial charge on any atom is 0.417 e. The van der Waals surface area contributed by atoms with Crippen LogP contribution in [0.1, 0.15) is 30.5 Å². The van der Waals surface area contributed by atoms with Crippen LogP contribution < -0.4 is 5.32 Å². The van der Waals surface area contributed by atoms with Gasteiger partial charge in [-0.1, -0.05) is 0 Å². The molecule has 0 saturated heterocycles. The van der Waals surface area contributed by atoms with Crippen LogP contribution in [0.4, 0.5) is 27.6 Å². The molecule has 13 heteroatoms. The summed E-state index contributed by atoms with van der Waals surface area (Å²) in [7, 11) is 0. The van der Waals surface area contributed by atoms with E-state index >= 15 is 0 Å². The first kappa shape index (κ1) is 24.5. The van der Waals surface area contributed by atoms with Crippen molar-refractivity contribution in [3.63, 3.8) is 0 Å². The van der Waals surface area contributed by atoms with Gasteiger partial charge < -0.3 is 19.4 Å². The molecule has 8 nitrogen and oxygen atoms in total. The molecule has 3 aromatic heterocycles. The van der Waals surface area contributed by atoms with Crippen molar-refractivity contribution < 1.29 is 36.3 Å². The number of amides is 2. The van der Waals surface area contributed by atoms with Gasteiger partial charge in [0.1, 0.15) is 5.65 Å². The fourth-order valence-electron chi connectivity index (χ4n) is 4.06. The van der Waals surface area contributed by atoms with Gasteiger partial charge in [0.15, 0.2) is 0 Å². The number of anilines is 1. The molecule has 186 valence electrons. The molecular weight excluding hydrogens is 477 g/mol. The van der Waals surface area contributed by atoms with E-state index in [0.29, 0.717) is 18.3 Å². The van der Waals surface area contributed by atoms with E-state index in [-0.39, 0.29) is 30.8 Å². The molecular formula is C22H20F5N5O3. The molecule has 2 atom stereocenters. The van der Waals surface area contributed by atoms with E-state index in [4.69, 9.17) is 0 Å². The first-order chi connectivity index (χ1) is 16.6. The van der Waals surface area contributed by atoms with Crippen molar-refractivity contribution in [2.75, 3.05) is 5.32 Å². The van der Waals surface area contributed by atoms with Gasteiger partial charge >= 0.3 is 24.6 Å². The van der Waals surface area contributed by atoms with Crippen molar-refractivity contribution in [2.45, 2.75) is 50.7 Å². The number of carbonyl (C=O) groups is 2. The van der Waals surface area contributed by atoms with E-state index in [0.717, 1.165) is 17.0 Å². The molecule has 3 heterocycles. The second kappa shape index (κ2) is 9.94. The number of alkyl halides is 5. The number of aromatic nitrogens is 3. The van der Waals surface area contributed by atoms with Crippen LogP contribution in [-0.2, 0) is 27.0 Å². The lowest BCUT2D eigenvalue weighted by molar-refractivity contribution is -0.178. The summed E-state index contributed by atoms with van der Waals surface area (Å²) in [5.74, 6) is -2.10. The van der Waals surface area contributed by atoms with E-state index in [1.807, 2.05) is 0 Å². The summed E-state index contributed by atoms with van der Waals surface area (Å²) in [5, 5.41) is 2.46. The zero-order chi connectivity index (χ0) is 25.2. The molecule has 1 fully saturated rings. The number of nitrogens with one attached hydrogen (secondary N) is 1. The summed E-state index contributed by atoms with van der Waals surface area (Å²) < 4.78 is 70.8. The summed E-state index contributed by atoms with van der Waals surface area (Å²) >= 11 is 0. The first-order valence-corrected chi connectivity index (χ1v) is 10.6. The number of nitrogens with zero attached hydrogens (tertiary/aromatic N) is 4. The minimum atomic E-state index is -4.60. The van der Waals surface area contributed by atoms with E-state index < -0.39 is 42.3 Å². The maximum atomic E-state index is 13.2. The number of hydrogen-bond donors (Lipinski definition) is 1. The fraction of sp³-hybridized carbons (Fsp3) is 0.364. The first-order valence-electron chi connectivity index (χ1n) is 10.6. The molecule has 0 bridgehead atoms. The zero-order valence-corrected chi connectivity index (χ0v) is 18.1. The number of hydrogen-bond acceptors (Lipinski definition) is 5. The Morgan fingerprint density at radius 2 is 1.97 bits per heavy atom. The molecule has 0 aliphatic heterocycles. The van der Waals surface area contributed by atoms with Crippen LogP contribution in [0.25, 0.3) is 5.65 Å². The van der Waals surface area contributed by atoms with Crippen LogP contribution in [0.3, 0.4) is 0 Å². The molecule has 0 unspecified atom stereocenters. The standard InChI is InChI=1S/C22H20F5N5O3/c23-21(24)35-17-3-1-2-16(17)32(12-15-5-4-13(11-29-15)22(25,26)27)20(34)19(33)30-14-6-8-31-9-7-28-18(31)10-14/h4-11,16-17,21H,1-3,12H2,(H,30,33)/t16-,17-/m1/s1. The second-order valence-corrected chi connectivity index (χ2v) is 7.96. The highest BCUT2D eigenvalue weighted by Gasteiger charge is 2.39. The summed E-state index contributed by atoms with van der Waals surface area (Å²) in [6.07, 6.45) is 0.803. The minimum absolute atomic E-state index is 0.0562. The Morgan fingerprint density at radius 3 is 2.66 bits per heavy atom. The summed E-state index contributed by atoms with van der Waals surface area (Å²) in [4.78, 5) is 34.8. The summed E-state index contributed by atoms with van der Waals surface area (Å²) in [5.41, 5.74) is -0.129. The lowest BCUT2D eigenvalue weighted by Gasteiger charge is -2.32. The van der Waals surface area contributed by atoms with Gasteiger partial charge in [-0.2, -0.15) is 22.0 Å². The van der Waals surface area contributed by atoms with E-state index in [9.17, 15) is 31.5 Å². The van der Waals surface area contributed by atoms with Gasteiger partial charge in [0.05, 0.1) is 29.9 Å². The predicted molar refractivity (Wildman–Crippen MR) is 112 cm³/mol. The van der Waals surface area contributed by atoms with Crippen LogP contribution in [0.2, 0.25) is 0 Å². The highest BCUT2D eigenvalue weighted by Crippen LogP contribution is 2.31. The smallest absolute Gasteiger partial charge is 0.323 e. The third-order valence-electron chi connectivity index (χ3n) is 5.69. The molecule has 1 aliphatic rings. The maximum absolute atomic E-state index is 13.2. The molecule has 1 N–H and O–H groups in total. The number of ether oxygens (including phenoxy) is 1. The van der Waals surface area contributed by atoms with E-state index in [1.165, 1.54) is 6.07 Å². The molecule has 0 aromatic carbocycles. The van der Waals surface area contributed by atoms with Crippen molar-refractivity contribution in [3.05, 3.63) is 60.3 Å². The molecule has 0 radical (unpaired) electrons. The normalized spacial score (nSPS) is 18.2. The Bertz CT molecular complexity index is 1200. The summed E-state index contributed by atoms with van der Waals surface area (Å²) in [6, 6.07) is 4.06. The Kier molecular flexibility index (Phi) is 6.96. The molecule has 1 saturated carbocycles. The Balaban J connectivity index is 1.57. The topological polar surface area (TPSA) is 88.8 Å². The number of carbonyl (C=O) groups excluding carboxylic acids is 2. The molecule has 2 amide bonds. The van der Waals surface area contributed by atoms with Gasteiger partial charge in [-0.15, -0.1) is 0 Å². The van der Waals surface area contributed by atoms with Gasteiger partial charge in [-0.25, -0.2) is 4.98 Å². The fourth-order valence-corrected chi connectivity index (χ4v) is 4.06. The Hall–Kier alpha value is -3.61. The van der Waals surface area contributed by atoms with Crippen LogP contribution >= 0.6 is 0 Å². The molecule has 4 rings (SSSR count). The van der Waals surface area contributed by atoms with Crippen LogP contribution in [0, 0.1) is 0 Å². The largest absolute Gasteiger partial charge is 0.417 e. The van der Waals surface area contributed by atoms with Gasteiger partial charge in [-0.05, 0) is 37.5 Å². The minimum Gasteiger partial charge on any atom is -0.323 e. The average molecular weight is 497 g/mol. The number of halogens is 5. The lowest BCUT2D eigenvalue weighted by Crippen LogP contribution is -2.49. The van der Waals surface area contributed by atoms with Gasteiger partial charge in [0.25, 0.3) is 0 Å². The molecule has 0 spiro atoms.